The van der Waals surface area contributed by atoms with Gasteiger partial charge in [-0.15, -0.1) is 0 Å². The van der Waals surface area contributed by atoms with E-state index < -0.39 is 10.0 Å². The molecule has 0 saturated carbocycles. The highest BCUT2D eigenvalue weighted by Gasteiger charge is 2.34. The number of hydrogen-bond donors (Lipinski definition) is 2. The van der Waals surface area contributed by atoms with Gasteiger partial charge in [-0.05, 0) is 25.7 Å². The fourth-order valence-electron chi connectivity index (χ4n) is 2.46. The minimum Gasteiger partial charge on any atom is -0.311 e. The molecule has 2 unspecified atom stereocenters. The minimum absolute atomic E-state index is 0.161. The van der Waals surface area contributed by atoms with Crippen LogP contribution in [0.1, 0.15) is 25.7 Å². The molecule has 0 amide bonds. The Morgan fingerprint density at radius 3 is 2.23 bits per heavy atom. The summed E-state index contributed by atoms with van der Waals surface area (Å²) in [5, 5.41) is 3.47. The first kappa shape index (κ1) is 9.43. The highest BCUT2D eigenvalue weighted by molar-refractivity contribution is 7.88. The summed E-state index contributed by atoms with van der Waals surface area (Å²) in [4.78, 5) is 0. The second kappa shape index (κ2) is 3.22. The van der Waals surface area contributed by atoms with Crippen molar-refractivity contribution in [3.63, 3.8) is 0 Å². The van der Waals surface area contributed by atoms with Crippen LogP contribution in [0.5, 0.6) is 0 Å². The van der Waals surface area contributed by atoms with Crippen LogP contribution in [0.3, 0.4) is 0 Å². The molecule has 13 heavy (non-hydrogen) atoms. The van der Waals surface area contributed by atoms with Crippen molar-refractivity contribution >= 4 is 10.0 Å². The Morgan fingerprint density at radius 1 is 1.23 bits per heavy atom. The molecular weight excluding hydrogens is 188 g/mol. The van der Waals surface area contributed by atoms with Crippen LogP contribution in [0.25, 0.3) is 0 Å². The fourth-order valence-corrected chi connectivity index (χ4v) is 3.25. The van der Waals surface area contributed by atoms with E-state index in [1.807, 2.05) is 0 Å². The monoisotopic (exact) mass is 204 g/mol. The van der Waals surface area contributed by atoms with Crippen molar-refractivity contribution in [3.8, 4) is 0 Å². The third-order valence-corrected chi connectivity index (χ3v) is 3.62. The van der Waals surface area contributed by atoms with Crippen LogP contribution in [0, 0.1) is 0 Å². The fraction of sp³-hybridized carbons (Fsp3) is 1.00. The molecule has 2 bridgehead atoms. The second-order valence-electron chi connectivity index (χ2n) is 4.20. The van der Waals surface area contributed by atoms with Crippen LogP contribution in [-0.4, -0.2) is 32.8 Å². The molecule has 4 nitrogen and oxygen atoms in total. The highest BCUT2D eigenvalue weighted by Crippen LogP contribution is 2.26. The smallest absolute Gasteiger partial charge is 0.208 e. The molecular formula is C8H16N2O2S. The third kappa shape index (κ3) is 2.42. The molecule has 2 rings (SSSR count). The molecule has 2 aliphatic heterocycles. The lowest BCUT2D eigenvalue weighted by Gasteiger charge is -2.28. The molecule has 2 aliphatic rings. The maximum Gasteiger partial charge on any atom is 0.208 e. The summed E-state index contributed by atoms with van der Waals surface area (Å²) >= 11 is 0. The Kier molecular flexibility index (Phi) is 2.33. The van der Waals surface area contributed by atoms with E-state index in [9.17, 15) is 8.42 Å². The topological polar surface area (TPSA) is 58.2 Å². The molecule has 2 atom stereocenters. The van der Waals surface area contributed by atoms with Gasteiger partial charge in [-0.1, -0.05) is 0 Å². The Labute approximate surface area is 79.1 Å². The van der Waals surface area contributed by atoms with E-state index in [0.29, 0.717) is 12.1 Å². The summed E-state index contributed by atoms with van der Waals surface area (Å²) in [6.45, 7) is 0. The number of piperidine rings is 1. The van der Waals surface area contributed by atoms with Crippen LogP contribution < -0.4 is 10.0 Å². The largest absolute Gasteiger partial charge is 0.311 e. The zero-order chi connectivity index (χ0) is 9.47. The molecule has 5 heteroatoms. The first-order valence-electron chi connectivity index (χ1n) is 4.76. The predicted octanol–water partition coefficient (Wildman–Crippen LogP) is -0.181. The first-order valence-corrected chi connectivity index (χ1v) is 6.65. The summed E-state index contributed by atoms with van der Waals surface area (Å²) < 4.78 is 24.7. The van der Waals surface area contributed by atoms with Gasteiger partial charge in [-0.25, -0.2) is 13.1 Å². The molecule has 0 spiro atoms. The van der Waals surface area contributed by atoms with Crippen LogP contribution in [0.2, 0.25) is 0 Å². The Bertz CT molecular complexity index is 277. The van der Waals surface area contributed by atoms with Crippen molar-refractivity contribution in [3.05, 3.63) is 0 Å². The second-order valence-corrected chi connectivity index (χ2v) is 5.98. The van der Waals surface area contributed by atoms with Gasteiger partial charge in [0.2, 0.25) is 10.0 Å². The molecule has 0 aromatic heterocycles. The van der Waals surface area contributed by atoms with E-state index in [4.69, 9.17) is 0 Å². The number of hydrogen-bond acceptors (Lipinski definition) is 3. The molecule has 2 N–H and O–H groups in total. The average molecular weight is 204 g/mol. The van der Waals surface area contributed by atoms with E-state index in [-0.39, 0.29) is 6.04 Å². The van der Waals surface area contributed by atoms with E-state index >= 15 is 0 Å². The normalized spacial score (nSPS) is 39.3. The Balaban J connectivity index is 1.96. The van der Waals surface area contributed by atoms with Gasteiger partial charge in [0.15, 0.2) is 0 Å². The average Bonchev–Trinajstić information content (AvgIpc) is 2.27. The van der Waals surface area contributed by atoms with Gasteiger partial charge in [0.05, 0.1) is 6.26 Å². The number of sulfonamides is 1. The lowest BCUT2D eigenvalue weighted by Crippen LogP contribution is -2.47. The van der Waals surface area contributed by atoms with Gasteiger partial charge >= 0.3 is 0 Å². The van der Waals surface area contributed by atoms with Gasteiger partial charge in [-0.3, -0.25) is 0 Å². The van der Waals surface area contributed by atoms with Crippen molar-refractivity contribution in [2.45, 2.75) is 43.8 Å². The summed E-state index contributed by atoms with van der Waals surface area (Å²) in [5.41, 5.74) is 0. The van der Waals surface area contributed by atoms with Gasteiger partial charge < -0.3 is 5.32 Å². The molecule has 0 aliphatic carbocycles. The Morgan fingerprint density at radius 2 is 1.77 bits per heavy atom. The molecule has 0 aromatic rings. The summed E-state index contributed by atoms with van der Waals surface area (Å²) in [7, 11) is -3.02. The molecule has 2 heterocycles. The quantitative estimate of drug-likeness (QED) is 0.656. The van der Waals surface area contributed by atoms with Crippen molar-refractivity contribution in [1.29, 1.82) is 0 Å². The van der Waals surface area contributed by atoms with Gasteiger partial charge in [0.1, 0.15) is 0 Å². The first-order chi connectivity index (χ1) is 6.03. The van der Waals surface area contributed by atoms with Crippen LogP contribution >= 0.6 is 0 Å². The highest BCUT2D eigenvalue weighted by atomic mass is 32.2. The summed E-state index contributed by atoms with van der Waals surface area (Å²) in [6.07, 6.45) is 5.53. The SMILES string of the molecule is CS(=O)(=O)NC1CC2CCC(C1)N2. The number of rotatable bonds is 2. The van der Waals surface area contributed by atoms with E-state index in [0.717, 1.165) is 12.8 Å². The van der Waals surface area contributed by atoms with Crippen LogP contribution in [0.15, 0.2) is 0 Å². The van der Waals surface area contributed by atoms with Gasteiger partial charge in [0, 0.05) is 18.1 Å². The van der Waals surface area contributed by atoms with Crippen molar-refractivity contribution < 1.29 is 8.42 Å². The molecule has 2 fully saturated rings. The van der Waals surface area contributed by atoms with Crippen molar-refractivity contribution in [1.82, 2.24) is 10.0 Å². The molecule has 0 aromatic carbocycles. The van der Waals surface area contributed by atoms with Crippen LogP contribution in [-0.2, 0) is 10.0 Å². The minimum atomic E-state index is -3.02. The van der Waals surface area contributed by atoms with E-state index in [1.54, 1.807) is 0 Å². The predicted molar refractivity (Wildman–Crippen MR) is 50.9 cm³/mol. The lowest BCUT2D eigenvalue weighted by atomic mass is 10.0. The van der Waals surface area contributed by atoms with Crippen molar-refractivity contribution in [2.24, 2.45) is 0 Å². The third-order valence-electron chi connectivity index (χ3n) is 2.85. The van der Waals surface area contributed by atoms with E-state index in [1.165, 1.54) is 19.1 Å². The summed E-state index contributed by atoms with van der Waals surface area (Å²) in [5.74, 6) is 0. The zero-order valence-corrected chi connectivity index (χ0v) is 8.60. The van der Waals surface area contributed by atoms with Gasteiger partial charge in [0.25, 0.3) is 0 Å². The standard InChI is InChI=1S/C8H16N2O2S/c1-13(11,12)10-8-4-6-2-3-7(5-8)9-6/h6-10H,2-5H2,1H3. The van der Waals surface area contributed by atoms with E-state index in [2.05, 4.69) is 10.0 Å². The lowest BCUT2D eigenvalue weighted by molar-refractivity contribution is 0.345. The Hall–Kier alpha value is -0.130. The van der Waals surface area contributed by atoms with Crippen LogP contribution in [0.4, 0.5) is 0 Å². The zero-order valence-electron chi connectivity index (χ0n) is 7.79. The maximum absolute atomic E-state index is 11.0. The molecule has 2 saturated heterocycles. The summed E-state index contributed by atoms with van der Waals surface area (Å²) in [6, 6.07) is 1.24. The van der Waals surface area contributed by atoms with Crippen molar-refractivity contribution in [2.75, 3.05) is 6.26 Å². The maximum atomic E-state index is 11.0. The molecule has 0 radical (unpaired) electrons. The number of nitrogens with one attached hydrogen (secondary N) is 2. The number of fused-ring (bicyclic) bond motifs is 2. The van der Waals surface area contributed by atoms with Gasteiger partial charge in [-0.2, -0.15) is 0 Å². The molecule has 76 valence electrons.